The smallest absolute Gasteiger partial charge is 0.220 e. The molecule has 3 rings (SSSR count). The summed E-state index contributed by atoms with van der Waals surface area (Å²) in [6.07, 6.45) is 3.87. The third-order valence-corrected chi connectivity index (χ3v) is 2.93. The largest absolute Gasteiger partial charge is 0.437 e. The fourth-order valence-corrected chi connectivity index (χ4v) is 1.89. The third-order valence-electron chi connectivity index (χ3n) is 2.93. The summed E-state index contributed by atoms with van der Waals surface area (Å²) in [6.45, 7) is 0. The summed E-state index contributed by atoms with van der Waals surface area (Å²) in [4.78, 5) is 4.40. The molecular weight excluding hydrogens is 236 g/mol. The Bertz CT molecular complexity index is 678. The number of hydrogen-bond donors (Lipinski definition) is 1. The van der Waals surface area contributed by atoms with Gasteiger partial charge in [-0.1, -0.05) is 24.3 Å². The Morgan fingerprint density at radius 1 is 1.00 bits per heavy atom. The van der Waals surface area contributed by atoms with Gasteiger partial charge in [0.15, 0.2) is 5.58 Å². The van der Waals surface area contributed by atoms with Crippen molar-refractivity contribution in [3.8, 4) is 0 Å². The zero-order valence-electron chi connectivity index (χ0n) is 10.6. The molecule has 0 amide bonds. The number of hydrogen-bond acceptors (Lipinski definition) is 3. The van der Waals surface area contributed by atoms with Gasteiger partial charge in [-0.3, -0.25) is 0 Å². The van der Waals surface area contributed by atoms with E-state index in [9.17, 15) is 0 Å². The van der Waals surface area contributed by atoms with Crippen LogP contribution in [-0.2, 0) is 0 Å². The van der Waals surface area contributed by atoms with Gasteiger partial charge in [0.2, 0.25) is 5.89 Å². The Morgan fingerprint density at radius 3 is 2.53 bits per heavy atom. The maximum atomic E-state index is 5.62. The van der Waals surface area contributed by atoms with Crippen molar-refractivity contribution in [2.45, 2.75) is 0 Å². The number of oxazole rings is 1. The molecule has 1 N–H and O–H groups in total. The van der Waals surface area contributed by atoms with Crippen molar-refractivity contribution < 1.29 is 4.42 Å². The van der Waals surface area contributed by atoms with Crippen LogP contribution in [-0.4, -0.2) is 12.0 Å². The maximum Gasteiger partial charge on any atom is 0.220 e. The van der Waals surface area contributed by atoms with Gasteiger partial charge in [0.1, 0.15) is 5.52 Å². The van der Waals surface area contributed by atoms with Crippen molar-refractivity contribution >= 4 is 28.9 Å². The van der Waals surface area contributed by atoms with Crippen molar-refractivity contribution in [3.63, 3.8) is 0 Å². The van der Waals surface area contributed by atoms with Crippen molar-refractivity contribution in [1.29, 1.82) is 0 Å². The molecule has 0 bridgehead atoms. The van der Waals surface area contributed by atoms with E-state index in [4.69, 9.17) is 4.42 Å². The van der Waals surface area contributed by atoms with Crippen LogP contribution in [0.1, 0.15) is 11.5 Å². The molecule has 19 heavy (non-hydrogen) atoms. The van der Waals surface area contributed by atoms with Gasteiger partial charge in [0, 0.05) is 18.8 Å². The predicted octanol–water partition coefficient (Wildman–Crippen LogP) is 4.04. The van der Waals surface area contributed by atoms with E-state index in [1.54, 1.807) is 0 Å². The van der Waals surface area contributed by atoms with Crippen LogP contribution < -0.4 is 5.32 Å². The highest BCUT2D eigenvalue weighted by Gasteiger charge is 2.00. The third kappa shape index (κ3) is 2.50. The van der Waals surface area contributed by atoms with E-state index in [0.717, 1.165) is 22.4 Å². The van der Waals surface area contributed by atoms with Crippen molar-refractivity contribution in [2.75, 3.05) is 12.4 Å². The van der Waals surface area contributed by atoms with E-state index in [0.29, 0.717) is 5.89 Å². The molecule has 1 heterocycles. The molecule has 0 saturated carbocycles. The van der Waals surface area contributed by atoms with Gasteiger partial charge < -0.3 is 9.73 Å². The minimum Gasteiger partial charge on any atom is -0.437 e. The molecule has 0 atom stereocenters. The van der Waals surface area contributed by atoms with E-state index in [2.05, 4.69) is 10.3 Å². The molecule has 0 saturated heterocycles. The second-order valence-electron chi connectivity index (χ2n) is 4.23. The molecule has 0 aliphatic heterocycles. The van der Waals surface area contributed by atoms with E-state index in [1.165, 1.54) is 0 Å². The monoisotopic (exact) mass is 250 g/mol. The van der Waals surface area contributed by atoms with Gasteiger partial charge in [0.05, 0.1) is 0 Å². The summed E-state index contributed by atoms with van der Waals surface area (Å²) < 4.78 is 5.62. The van der Waals surface area contributed by atoms with Crippen LogP contribution in [0.15, 0.2) is 52.9 Å². The fourth-order valence-electron chi connectivity index (χ4n) is 1.89. The Balaban J connectivity index is 1.84. The van der Waals surface area contributed by atoms with E-state index in [-0.39, 0.29) is 0 Å². The number of fused-ring (bicyclic) bond motifs is 1. The molecule has 0 unspecified atom stereocenters. The van der Waals surface area contributed by atoms with Crippen LogP contribution in [0.25, 0.3) is 23.3 Å². The Morgan fingerprint density at radius 2 is 1.79 bits per heavy atom. The molecular formula is C16H14N2O. The summed E-state index contributed by atoms with van der Waals surface area (Å²) in [5.41, 5.74) is 3.90. The number of nitrogens with zero attached hydrogens (tertiary/aromatic N) is 1. The standard InChI is InChI=1S/C16H14N2O/c1-17-13-9-6-12(7-10-13)8-11-16-18-14-4-2-3-5-15(14)19-16/h2-11,17H,1H3. The van der Waals surface area contributed by atoms with Gasteiger partial charge in [-0.15, -0.1) is 0 Å². The maximum absolute atomic E-state index is 5.62. The average molecular weight is 250 g/mol. The number of nitrogens with one attached hydrogen (secondary N) is 1. The summed E-state index contributed by atoms with van der Waals surface area (Å²) in [5.74, 6) is 0.624. The molecule has 0 aliphatic carbocycles. The lowest BCUT2D eigenvalue weighted by atomic mass is 10.2. The number of para-hydroxylation sites is 2. The van der Waals surface area contributed by atoms with Crippen LogP contribution in [0, 0.1) is 0 Å². The number of aromatic nitrogens is 1. The first-order valence-corrected chi connectivity index (χ1v) is 6.16. The minimum absolute atomic E-state index is 0.624. The first-order chi connectivity index (χ1) is 9.35. The Hall–Kier alpha value is -2.55. The molecule has 2 aromatic carbocycles. The summed E-state index contributed by atoms with van der Waals surface area (Å²) in [7, 11) is 1.91. The van der Waals surface area contributed by atoms with Crippen LogP contribution in [0.4, 0.5) is 5.69 Å². The zero-order valence-corrected chi connectivity index (χ0v) is 10.6. The van der Waals surface area contributed by atoms with Crippen molar-refractivity contribution in [1.82, 2.24) is 4.98 Å². The minimum atomic E-state index is 0.624. The summed E-state index contributed by atoms with van der Waals surface area (Å²) >= 11 is 0. The quantitative estimate of drug-likeness (QED) is 0.762. The van der Waals surface area contributed by atoms with Gasteiger partial charge in [-0.25, -0.2) is 4.98 Å². The molecule has 0 fully saturated rings. The number of benzene rings is 2. The highest BCUT2D eigenvalue weighted by atomic mass is 16.3. The fraction of sp³-hybridized carbons (Fsp3) is 0.0625. The Kier molecular flexibility index (Phi) is 3.02. The highest BCUT2D eigenvalue weighted by Crippen LogP contribution is 2.17. The van der Waals surface area contributed by atoms with Crippen molar-refractivity contribution in [2.24, 2.45) is 0 Å². The average Bonchev–Trinajstić information content (AvgIpc) is 2.88. The molecule has 0 radical (unpaired) electrons. The van der Waals surface area contributed by atoms with Crippen molar-refractivity contribution in [3.05, 3.63) is 60.0 Å². The summed E-state index contributed by atoms with van der Waals surface area (Å²) in [5, 5.41) is 3.09. The molecule has 3 nitrogen and oxygen atoms in total. The lowest BCUT2D eigenvalue weighted by Gasteiger charge is -1.98. The predicted molar refractivity (Wildman–Crippen MR) is 78.9 cm³/mol. The van der Waals surface area contributed by atoms with E-state index >= 15 is 0 Å². The summed E-state index contributed by atoms with van der Waals surface area (Å²) in [6, 6.07) is 15.9. The van der Waals surface area contributed by atoms with Crippen LogP contribution in [0.2, 0.25) is 0 Å². The lowest BCUT2D eigenvalue weighted by Crippen LogP contribution is -1.86. The lowest BCUT2D eigenvalue weighted by molar-refractivity contribution is 0.590. The van der Waals surface area contributed by atoms with Gasteiger partial charge >= 0.3 is 0 Å². The number of rotatable bonds is 3. The molecule has 0 spiro atoms. The molecule has 94 valence electrons. The first-order valence-electron chi connectivity index (χ1n) is 6.16. The highest BCUT2D eigenvalue weighted by molar-refractivity contribution is 5.76. The topological polar surface area (TPSA) is 38.1 Å². The molecule has 3 aromatic rings. The molecule has 0 aliphatic rings. The number of anilines is 1. The van der Waals surface area contributed by atoms with Gasteiger partial charge in [-0.05, 0) is 35.9 Å². The van der Waals surface area contributed by atoms with Crippen LogP contribution in [0.5, 0.6) is 0 Å². The van der Waals surface area contributed by atoms with Crippen LogP contribution >= 0.6 is 0 Å². The second kappa shape index (κ2) is 4.98. The van der Waals surface area contributed by atoms with E-state index < -0.39 is 0 Å². The van der Waals surface area contributed by atoms with E-state index in [1.807, 2.05) is 67.7 Å². The van der Waals surface area contributed by atoms with Gasteiger partial charge in [0.25, 0.3) is 0 Å². The SMILES string of the molecule is CNc1ccc(C=Cc2nc3ccccc3o2)cc1. The van der Waals surface area contributed by atoms with Crippen LogP contribution in [0.3, 0.4) is 0 Å². The normalized spacial score (nSPS) is 11.2. The molecule has 1 aromatic heterocycles. The first kappa shape index (κ1) is 11.5. The van der Waals surface area contributed by atoms with Gasteiger partial charge in [-0.2, -0.15) is 0 Å². The second-order valence-corrected chi connectivity index (χ2v) is 4.23. The Labute approximate surface area is 111 Å². The zero-order chi connectivity index (χ0) is 13.1. The molecule has 3 heteroatoms.